The zero-order valence-corrected chi connectivity index (χ0v) is 20.7. The van der Waals surface area contributed by atoms with Crippen molar-refractivity contribution in [3.05, 3.63) is 82.3 Å². The van der Waals surface area contributed by atoms with Crippen molar-refractivity contribution in [1.82, 2.24) is 24.6 Å². The second-order valence-corrected chi connectivity index (χ2v) is 10.3. The average Bonchev–Trinajstić information content (AvgIpc) is 3.27. The van der Waals surface area contributed by atoms with Gasteiger partial charge in [-0.25, -0.2) is 4.98 Å². The molecule has 1 aromatic carbocycles. The summed E-state index contributed by atoms with van der Waals surface area (Å²) in [4.78, 5) is 38.9. The summed E-state index contributed by atoms with van der Waals surface area (Å²) in [6.07, 6.45) is 5.58. The summed E-state index contributed by atoms with van der Waals surface area (Å²) >= 11 is 1.43. The lowest BCUT2D eigenvalue weighted by Crippen LogP contribution is -2.39. The number of likely N-dealkylation sites (tertiary alicyclic amines) is 1. The lowest BCUT2D eigenvalue weighted by atomic mass is 10.1. The smallest absolute Gasteiger partial charge is 0.258 e. The molecule has 1 fully saturated rings. The first-order valence-corrected chi connectivity index (χ1v) is 12.9. The predicted molar refractivity (Wildman–Crippen MR) is 144 cm³/mol. The molecule has 0 spiro atoms. The molecular weight excluding hydrogens is 472 g/mol. The number of thiazole rings is 1. The molecular formula is C27H26N6O2S. The van der Waals surface area contributed by atoms with Gasteiger partial charge >= 0.3 is 0 Å². The Kier molecular flexibility index (Phi) is 5.86. The van der Waals surface area contributed by atoms with Crippen LogP contribution in [0, 0.1) is 0 Å². The summed E-state index contributed by atoms with van der Waals surface area (Å²) in [5.41, 5.74) is 2.24. The maximum Gasteiger partial charge on any atom is 0.258 e. The molecule has 2 N–H and O–H groups in total. The van der Waals surface area contributed by atoms with Gasteiger partial charge in [0, 0.05) is 31.5 Å². The Morgan fingerprint density at radius 2 is 1.97 bits per heavy atom. The number of carbonyl (C=O) groups excluding carboxylic acids is 1. The number of likely N-dealkylation sites (N-methyl/N-ethyl adjacent to an activating group) is 1. The minimum atomic E-state index is -0.393. The summed E-state index contributed by atoms with van der Waals surface area (Å²) in [6, 6.07) is 15.5. The van der Waals surface area contributed by atoms with E-state index in [4.69, 9.17) is 4.98 Å². The number of hydrogen-bond acceptors (Lipinski definition) is 7. The number of benzene rings is 1. The summed E-state index contributed by atoms with van der Waals surface area (Å²) < 4.78 is 2.94. The number of nitrogens with zero attached hydrogens (tertiary/aromatic N) is 4. The number of rotatable bonds is 5. The van der Waals surface area contributed by atoms with Gasteiger partial charge in [-0.3, -0.25) is 19.0 Å². The molecule has 4 aromatic heterocycles. The molecule has 6 rings (SSSR count). The maximum atomic E-state index is 13.7. The topological polar surface area (TPSA) is 91.6 Å². The van der Waals surface area contributed by atoms with Gasteiger partial charge in [0.25, 0.3) is 5.91 Å². The molecule has 1 amide bonds. The van der Waals surface area contributed by atoms with E-state index in [1.165, 1.54) is 11.3 Å². The molecule has 0 bridgehead atoms. The lowest BCUT2D eigenvalue weighted by molar-refractivity contribution is 0.0951. The van der Waals surface area contributed by atoms with E-state index >= 15 is 0 Å². The van der Waals surface area contributed by atoms with Crippen LogP contribution in [-0.4, -0.2) is 51.4 Å². The molecule has 1 saturated heterocycles. The number of piperidine rings is 1. The van der Waals surface area contributed by atoms with Gasteiger partial charge in [0.1, 0.15) is 16.2 Å². The van der Waals surface area contributed by atoms with Crippen molar-refractivity contribution in [2.24, 2.45) is 0 Å². The fourth-order valence-corrected chi connectivity index (χ4v) is 6.12. The van der Waals surface area contributed by atoms with E-state index in [1.54, 1.807) is 18.5 Å². The Morgan fingerprint density at radius 3 is 2.81 bits per heavy atom. The molecule has 1 atom stereocenters. The Balaban J connectivity index is 1.47. The molecule has 1 aliphatic rings. The number of para-hydroxylation sites is 1. The van der Waals surface area contributed by atoms with Crippen molar-refractivity contribution in [3.8, 4) is 0 Å². The van der Waals surface area contributed by atoms with Crippen molar-refractivity contribution < 1.29 is 4.79 Å². The van der Waals surface area contributed by atoms with Crippen molar-refractivity contribution >= 4 is 49.1 Å². The number of fused-ring (bicyclic) bond motifs is 5. The summed E-state index contributed by atoms with van der Waals surface area (Å²) in [6.45, 7) is 2.37. The fraction of sp³-hybridized carbons (Fsp3) is 0.259. The Bertz CT molecular complexity index is 1650. The quantitative estimate of drug-likeness (QED) is 0.382. The van der Waals surface area contributed by atoms with E-state index < -0.39 is 5.91 Å². The van der Waals surface area contributed by atoms with E-state index in [2.05, 4.69) is 27.6 Å². The minimum absolute atomic E-state index is 0.147. The van der Waals surface area contributed by atoms with Crippen molar-refractivity contribution in [2.75, 3.05) is 25.5 Å². The van der Waals surface area contributed by atoms with Gasteiger partial charge < -0.3 is 15.5 Å². The largest absolute Gasteiger partial charge is 0.366 e. The van der Waals surface area contributed by atoms with Gasteiger partial charge in [-0.15, -0.1) is 11.3 Å². The highest BCUT2D eigenvalue weighted by molar-refractivity contribution is 7.24. The van der Waals surface area contributed by atoms with Crippen LogP contribution in [-0.2, 0) is 6.54 Å². The molecule has 1 aliphatic heterocycles. The highest BCUT2D eigenvalue weighted by atomic mass is 32.1. The fourth-order valence-electron chi connectivity index (χ4n) is 4.93. The Labute approximate surface area is 211 Å². The third kappa shape index (κ3) is 4.10. The Hall–Kier alpha value is -3.82. The van der Waals surface area contributed by atoms with Crippen LogP contribution in [0.2, 0.25) is 0 Å². The monoisotopic (exact) mass is 498 g/mol. The van der Waals surface area contributed by atoms with Crippen molar-refractivity contribution in [3.63, 3.8) is 0 Å². The van der Waals surface area contributed by atoms with E-state index in [9.17, 15) is 9.59 Å². The van der Waals surface area contributed by atoms with Crippen LogP contribution in [0.1, 0.15) is 28.8 Å². The third-order valence-electron chi connectivity index (χ3n) is 6.69. The van der Waals surface area contributed by atoms with Gasteiger partial charge in [0.2, 0.25) is 5.43 Å². The van der Waals surface area contributed by atoms with E-state index in [1.807, 2.05) is 46.9 Å². The highest BCUT2D eigenvalue weighted by Gasteiger charge is 2.23. The first kappa shape index (κ1) is 22.6. The first-order valence-electron chi connectivity index (χ1n) is 12.1. The zero-order valence-electron chi connectivity index (χ0n) is 19.9. The summed E-state index contributed by atoms with van der Waals surface area (Å²) in [5.74, 6) is 0.344. The first-order chi connectivity index (χ1) is 17.6. The minimum Gasteiger partial charge on any atom is -0.366 e. The molecule has 182 valence electrons. The maximum absolute atomic E-state index is 13.7. The van der Waals surface area contributed by atoms with Gasteiger partial charge in [-0.1, -0.05) is 12.1 Å². The number of amides is 1. The zero-order chi connectivity index (χ0) is 24.6. The van der Waals surface area contributed by atoms with E-state index in [0.717, 1.165) is 47.5 Å². The SMILES string of the molecule is CN1CCCC(Nc2ccc3c(=O)c(C(=O)NCc4ccncc4)c4sc5ccccc5n4c3n2)C1. The highest BCUT2D eigenvalue weighted by Crippen LogP contribution is 2.31. The molecule has 5 aromatic rings. The van der Waals surface area contributed by atoms with Crippen LogP contribution in [0.25, 0.3) is 26.1 Å². The molecule has 0 radical (unpaired) electrons. The molecule has 1 unspecified atom stereocenters. The Morgan fingerprint density at radius 1 is 1.14 bits per heavy atom. The molecule has 5 heterocycles. The normalized spacial score (nSPS) is 16.5. The van der Waals surface area contributed by atoms with Crippen LogP contribution in [0.15, 0.2) is 65.7 Å². The van der Waals surface area contributed by atoms with Crippen molar-refractivity contribution in [1.29, 1.82) is 0 Å². The van der Waals surface area contributed by atoms with Gasteiger partial charge in [-0.05, 0) is 68.4 Å². The molecule has 8 nitrogen and oxygen atoms in total. The summed E-state index contributed by atoms with van der Waals surface area (Å²) in [5, 5.41) is 6.90. The van der Waals surface area contributed by atoms with Crippen LogP contribution < -0.4 is 16.1 Å². The van der Waals surface area contributed by atoms with Crippen molar-refractivity contribution in [2.45, 2.75) is 25.4 Å². The standard InChI is InChI=1S/C27H26N6O2S/c1-32-14-4-5-18(16-32)30-22-9-8-19-24(34)23(26(35)29-15-17-10-12-28-13-11-17)27-33(25(19)31-22)20-6-2-3-7-21(20)36-27/h2-3,6-13,18H,4-5,14-16H2,1H3,(H,29,35)(H,30,31). The van der Waals surface area contributed by atoms with E-state index in [-0.39, 0.29) is 11.0 Å². The number of nitrogens with one attached hydrogen (secondary N) is 2. The van der Waals surface area contributed by atoms with Gasteiger partial charge in [0.15, 0.2) is 5.65 Å². The predicted octanol–water partition coefficient (Wildman–Crippen LogP) is 3.89. The van der Waals surface area contributed by atoms with E-state index in [0.29, 0.717) is 28.5 Å². The number of aromatic nitrogens is 3. The summed E-state index contributed by atoms with van der Waals surface area (Å²) in [7, 11) is 2.13. The van der Waals surface area contributed by atoms with Gasteiger partial charge in [0.05, 0.1) is 15.6 Å². The molecule has 36 heavy (non-hydrogen) atoms. The number of hydrogen-bond donors (Lipinski definition) is 2. The van der Waals surface area contributed by atoms with Crippen LogP contribution in [0.3, 0.4) is 0 Å². The second kappa shape index (κ2) is 9.33. The molecule has 0 aliphatic carbocycles. The van der Waals surface area contributed by atoms with Crippen LogP contribution in [0.4, 0.5) is 5.82 Å². The van der Waals surface area contributed by atoms with Crippen LogP contribution >= 0.6 is 11.3 Å². The molecule has 0 saturated carbocycles. The van der Waals surface area contributed by atoms with Crippen LogP contribution in [0.5, 0.6) is 0 Å². The number of anilines is 1. The second-order valence-electron chi connectivity index (χ2n) is 9.27. The van der Waals surface area contributed by atoms with Gasteiger partial charge in [-0.2, -0.15) is 0 Å². The number of carbonyl (C=O) groups is 1. The average molecular weight is 499 g/mol. The third-order valence-corrected chi connectivity index (χ3v) is 7.84. The number of pyridine rings is 3. The lowest BCUT2D eigenvalue weighted by Gasteiger charge is -2.30. The molecule has 9 heteroatoms.